The Morgan fingerprint density at radius 3 is 2.17 bits per heavy atom. The van der Waals surface area contributed by atoms with Gasteiger partial charge in [0.05, 0.1) is 0 Å². The number of nitrogens with one attached hydrogen (secondary N) is 2. The van der Waals surface area contributed by atoms with Crippen molar-refractivity contribution >= 4 is 17.9 Å². The van der Waals surface area contributed by atoms with Crippen LogP contribution in [0.5, 0.6) is 11.5 Å². The second kappa shape index (κ2) is 12.0. The number of amides is 3. The molecule has 154 valence electrons. The van der Waals surface area contributed by atoms with Crippen molar-refractivity contribution in [2.24, 2.45) is 0 Å². The van der Waals surface area contributed by atoms with Gasteiger partial charge in [-0.05, 0) is 36.2 Å². The molecule has 29 heavy (non-hydrogen) atoms. The largest absolute Gasteiger partial charge is 0.489 e. The molecular weight excluding hydrogens is 376 g/mol. The highest BCUT2D eigenvalue weighted by molar-refractivity contribution is 5.95. The molecule has 0 aliphatic carbocycles. The van der Waals surface area contributed by atoms with E-state index in [9.17, 15) is 14.4 Å². The van der Waals surface area contributed by atoms with Crippen LogP contribution in [-0.4, -0.2) is 37.7 Å². The van der Waals surface area contributed by atoms with Gasteiger partial charge in [-0.25, -0.2) is 9.59 Å². The van der Waals surface area contributed by atoms with Gasteiger partial charge in [0, 0.05) is 6.54 Å². The van der Waals surface area contributed by atoms with Crippen LogP contribution in [0.2, 0.25) is 0 Å². The van der Waals surface area contributed by atoms with Gasteiger partial charge in [-0.3, -0.25) is 10.1 Å². The number of rotatable bonds is 10. The van der Waals surface area contributed by atoms with E-state index in [0.717, 1.165) is 12.0 Å². The van der Waals surface area contributed by atoms with Crippen molar-refractivity contribution in [3.05, 3.63) is 60.2 Å². The SMILES string of the molecule is CCCNC(=O)NC(=O)COC(=O)COc1ccc(OCc2ccccc2)cc1. The van der Waals surface area contributed by atoms with Gasteiger partial charge in [-0.15, -0.1) is 0 Å². The minimum absolute atomic E-state index is 0.362. The number of urea groups is 1. The summed E-state index contributed by atoms with van der Waals surface area (Å²) in [5.74, 6) is -0.315. The Hall–Kier alpha value is -3.55. The molecule has 2 aromatic carbocycles. The first-order chi connectivity index (χ1) is 14.1. The lowest BCUT2D eigenvalue weighted by Crippen LogP contribution is -2.41. The molecule has 0 bridgehead atoms. The second-order valence-electron chi connectivity index (χ2n) is 6.00. The number of imide groups is 1. The van der Waals surface area contributed by atoms with E-state index in [1.807, 2.05) is 37.3 Å². The van der Waals surface area contributed by atoms with Crippen LogP contribution in [0, 0.1) is 0 Å². The molecule has 0 atom stereocenters. The number of carbonyl (C=O) groups excluding carboxylic acids is 3. The predicted molar refractivity (Wildman–Crippen MR) is 106 cm³/mol. The second-order valence-corrected chi connectivity index (χ2v) is 6.00. The van der Waals surface area contributed by atoms with E-state index in [2.05, 4.69) is 10.6 Å². The number of hydrogen-bond acceptors (Lipinski definition) is 6. The van der Waals surface area contributed by atoms with E-state index < -0.39 is 24.5 Å². The topological polar surface area (TPSA) is 103 Å². The summed E-state index contributed by atoms with van der Waals surface area (Å²) >= 11 is 0. The van der Waals surface area contributed by atoms with Crippen molar-refractivity contribution in [1.82, 2.24) is 10.6 Å². The quantitative estimate of drug-likeness (QED) is 0.594. The summed E-state index contributed by atoms with van der Waals surface area (Å²) in [5.41, 5.74) is 1.06. The summed E-state index contributed by atoms with van der Waals surface area (Å²) in [6, 6.07) is 15.9. The Kier molecular flexibility index (Phi) is 9.01. The lowest BCUT2D eigenvalue weighted by molar-refractivity contribution is -0.150. The van der Waals surface area contributed by atoms with Crippen LogP contribution < -0.4 is 20.1 Å². The fourth-order valence-electron chi connectivity index (χ4n) is 2.15. The Balaban J connectivity index is 1.65. The van der Waals surface area contributed by atoms with Crippen molar-refractivity contribution < 1.29 is 28.6 Å². The average molecular weight is 400 g/mol. The molecule has 2 rings (SSSR count). The molecule has 0 aliphatic rings. The van der Waals surface area contributed by atoms with Gasteiger partial charge in [-0.1, -0.05) is 37.3 Å². The molecule has 2 aromatic rings. The first-order valence-electron chi connectivity index (χ1n) is 9.19. The van der Waals surface area contributed by atoms with Crippen molar-refractivity contribution in [3.63, 3.8) is 0 Å². The normalized spacial score (nSPS) is 9.97. The molecule has 8 heteroatoms. The molecule has 2 N–H and O–H groups in total. The smallest absolute Gasteiger partial charge is 0.344 e. The standard InChI is InChI=1S/C21H24N2O6/c1-2-12-22-21(26)23-19(24)14-29-20(25)15-28-18-10-8-17(9-11-18)27-13-16-6-4-3-5-7-16/h3-11H,2,12-15H2,1H3,(H2,22,23,24,26). The van der Waals surface area contributed by atoms with E-state index in [0.29, 0.717) is 24.7 Å². The maximum Gasteiger partial charge on any atom is 0.344 e. The maximum atomic E-state index is 11.7. The summed E-state index contributed by atoms with van der Waals surface area (Å²) in [6.45, 7) is 1.86. The molecule has 8 nitrogen and oxygen atoms in total. The number of esters is 1. The Bertz CT molecular complexity index is 793. The molecule has 0 radical (unpaired) electrons. The van der Waals surface area contributed by atoms with Gasteiger partial charge in [0.15, 0.2) is 13.2 Å². The number of ether oxygens (including phenoxy) is 3. The fraction of sp³-hybridized carbons (Fsp3) is 0.286. The minimum atomic E-state index is -0.724. The van der Waals surface area contributed by atoms with Crippen LogP contribution in [-0.2, 0) is 20.9 Å². The third-order valence-electron chi connectivity index (χ3n) is 3.58. The lowest BCUT2D eigenvalue weighted by atomic mass is 10.2. The predicted octanol–water partition coefficient (Wildman–Crippen LogP) is 2.42. The molecule has 0 spiro atoms. The Morgan fingerprint density at radius 1 is 0.862 bits per heavy atom. The zero-order valence-corrected chi connectivity index (χ0v) is 16.2. The fourth-order valence-corrected chi connectivity index (χ4v) is 2.15. The molecular formula is C21H24N2O6. The van der Waals surface area contributed by atoms with Gasteiger partial charge in [0.2, 0.25) is 0 Å². The summed E-state index contributed by atoms with van der Waals surface area (Å²) in [7, 11) is 0. The van der Waals surface area contributed by atoms with E-state index in [4.69, 9.17) is 14.2 Å². The Morgan fingerprint density at radius 2 is 1.52 bits per heavy atom. The molecule has 0 saturated carbocycles. The highest BCUT2D eigenvalue weighted by Crippen LogP contribution is 2.18. The van der Waals surface area contributed by atoms with Gasteiger partial charge in [0.1, 0.15) is 18.1 Å². The van der Waals surface area contributed by atoms with E-state index >= 15 is 0 Å². The number of benzene rings is 2. The summed E-state index contributed by atoms with van der Waals surface area (Å²) in [4.78, 5) is 34.4. The van der Waals surface area contributed by atoms with Crippen LogP contribution in [0.4, 0.5) is 4.79 Å². The van der Waals surface area contributed by atoms with Crippen molar-refractivity contribution in [3.8, 4) is 11.5 Å². The first-order valence-corrected chi connectivity index (χ1v) is 9.19. The third-order valence-corrected chi connectivity index (χ3v) is 3.58. The summed E-state index contributed by atoms with van der Waals surface area (Å²) < 4.78 is 15.7. The van der Waals surface area contributed by atoms with Gasteiger partial charge < -0.3 is 19.5 Å². The first kappa shape index (κ1) is 21.7. The van der Waals surface area contributed by atoms with Crippen LogP contribution in [0.1, 0.15) is 18.9 Å². The van der Waals surface area contributed by atoms with E-state index in [1.165, 1.54) is 0 Å². The molecule has 0 heterocycles. The van der Waals surface area contributed by atoms with Crippen molar-refractivity contribution in [1.29, 1.82) is 0 Å². The number of hydrogen-bond donors (Lipinski definition) is 2. The molecule has 0 aromatic heterocycles. The van der Waals surface area contributed by atoms with Gasteiger partial charge >= 0.3 is 12.0 Å². The molecule has 0 unspecified atom stereocenters. The monoisotopic (exact) mass is 400 g/mol. The van der Waals surface area contributed by atoms with E-state index in [1.54, 1.807) is 24.3 Å². The highest BCUT2D eigenvalue weighted by Gasteiger charge is 2.11. The van der Waals surface area contributed by atoms with Crippen LogP contribution >= 0.6 is 0 Å². The molecule has 0 fully saturated rings. The third kappa shape index (κ3) is 8.79. The van der Waals surface area contributed by atoms with Crippen molar-refractivity contribution in [2.75, 3.05) is 19.8 Å². The summed E-state index contributed by atoms with van der Waals surface area (Å²) in [6.07, 6.45) is 0.744. The Labute approximate surface area is 169 Å². The number of carbonyl (C=O) groups is 3. The molecule has 3 amide bonds. The minimum Gasteiger partial charge on any atom is -0.489 e. The highest BCUT2D eigenvalue weighted by atomic mass is 16.6. The van der Waals surface area contributed by atoms with Gasteiger partial charge in [-0.2, -0.15) is 0 Å². The van der Waals surface area contributed by atoms with Crippen LogP contribution in [0.25, 0.3) is 0 Å². The average Bonchev–Trinajstić information content (AvgIpc) is 2.74. The van der Waals surface area contributed by atoms with Gasteiger partial charge in [0.25, 0.3) is 5.91 Å². The van der Waals surface area contributed by atoms with Crippen molar-refractivity contribution in [2.45, 2.75) is 20.0 Å². The maximum absolute atomic E-state index is 11.7. The molecule has 0 saturated heterocycles. The van der Waals surface area contributed by atoms with Crippen LogP contribution in [0.3, 0.4) is 0 Å². The molecule has 0 aliphatic heterocycles. The van der Waals surface area contributed by atoms with Crippen LogP contribution in [0.15, 0.2) is 54.6 Å². The zero-order chi connectivity index (χ0) is 20.9. The zero-order valence-electron chi connectivity index (χ0n) is 16.2. The lowest BCUT2D eigenvalue weighted by Gasteiger charge is -2.09. The summed E-state index contributed by atoms with van der Waals surface area (Å²) in [5, 5.41) is 4.53. The van der Waals surface area contributed by atoms with E-state index in [-0.39, 0.29) is 6.61 Å².